The van der Waals surface area contributed by atoms with Crippen LogP contribution >= 0.6 is 0 Å². The maximum atomic E-state index is 3.78. The van der Waals surface area contributed by atoms with Gasteiger partial charge in [0, 0.05) is 0 Å². The van der Waals surface area contributed by atoms with Crippen LogP contribution in [0.2, 0.25) is 0 Å². The standard InChI is InChI=1S/C17H31/c1-3-5-7-9-11-13-15-17-16-14-12-10-8-6-4-2/h5,7,14,16H,1,3-4,6,8-13,15,17H2,2H3/b7-5+,16-14+. The van der Waals surface area contributed by atoms with E-state index in [9.17, 15) is 0 Å². The molecule has 0 spiro atoms. The minimum Gasteiger partial charge on any atom is -0.0885 e. The molecule has 0 N–H and O–H groups in total. The van der Waals surface area contributed by atoms with Crippen molar-refractivity contribution < 1.29 is 0 Å². The average Bonchev–Trinajstić information content (AvgIpc) is 2.35. The Morgan fingerprint density at radius 1 is 0.647 bits per heavy atom. The van der Waals surface area contributed by atoms with E-state index in [0.29, 0.717) is 0 Å². The molecule has 0 fully saturated rings. The van der Waals surface area contributed by atoms with Crippen LogP contribution in [0, 0.1) is 6.92 Å². The minimum absolute atomic E-state index is 0.931. The monoisotopic (exact) mass is 235 g/mol. The Morgan fingerprint density at radius 3 is 1.59 bits per heavy atom. The number of rotatable bonds is 12. The van der Waals surface area contributed by atoms with Gasteiger partial charge < -0.3 is 0 Å². The molecule has 0 aromatic carbocycles. The highest BCUT2D eigenvalue weighted by Crippen LogP contribution is 2.06. The summed E-state index contributed by atoms with van der Waals surface area (Å²) in [6, 6.07) is 0. The molecular weight excluding hydrogens is 204 g/mol. The van der Waals surface area contributed by atoms with E-state index < -0.39 is 0 Å². The molecule has 0 unspecified atom stereocenters. The first-order valence-electron chi connectivity index (χ1n) is 7.51. The summed E-state index contributed by atoms with van der Waals surface area (Å²) in [7, 11) is 0. The van der Waals surface area contributed by atoms with E-state index >= 15 is 0 Å². The number of hydrogen-bond donors (Lipinski definition) is 0. The molecule has 99 valence electrons. The quantitative estimate of drug-likeness (QED) is 0.277. The third-order valence-electron chi connectivity index (χ3n) is 2.97. The molecule has 17 heavy (non-hydrogen) atoms. The van der Waals surface area contributed by atoms with Gasteiger partial charge in [0.1, 0.15) is 0 Å². The zero-order chi connectivity index (χ0) is 12.6. The summed E-state index contributed by atoms with van der Waals surface area (Å²) in [5.74, 6) is 0. The molecule has 0 saturated heterocycles. The predicted octanol–water partition coefficient (Wildman–Crippen LogP) is 6.24. The summed E-state index contributed by atoms with van der Waals surface area (Å²) in [5.41, 5.74) is 0. The van der Waals surface area contributed by atoms with Gasteiger partial charge >= 0.3 is 0 Å². The van der Waals surface area contributed by atoms with E-state index in [2.05, 4.69) is 38.2 Å². The molecule has 0 aliphatic rings. The highest BCUT2D eigenvalue weighted by molar-refractivity contribution is 4.83. The molecular formula is C17H31. The van der Waals surface area contributed by atoms with Crippen molar-refractivity contribution in [1.29, 1.82) is 0 Å². The van der Waals surface area contributed by atoms with Crippen molar-refractivity contribution in [3.8, 4) is 0 Å². The summed E-state index contributed by atoms with van der Waals surface area (Å²) in [6.07, 6.45) is 23.5. The summed E-state index contributed by atoms with van der Waals surface area (Å²) < 4.78 is 0. The maximum absolute atomic E-state index is 3.78. The highest BCUT2D eigenvalue weighted by Gasteiger charge is 1.87. The van der Waals surface area contributed by atoms with Crippen LogP contribution < -0.4 is 0 Å². The lowest BCUT2D eigenvalue weighted by Crippen LogP contribution is -1.76. The van der Waals surface area contributed by atoms with E-state index in [1.165, 1.54) is 64.2 Å². The van der Waals surface area contributed by atoms with Crippen molar-refractivity contribution in [1.82, 2.24) is 0 Å². The Bertz CT molecular complexity index is 176. The van der Waals surface area contributed by atoms with E-state index in [-0.39, 0.29) is 0 Å². The van der Waals surface area contributed by atoms with Crippen molar-refractivity contribution in [2.24, 2.45) is 0 Å². The molecule has 0 aromatic heterocycles. The second kappa shape index (κ2) is 15.5. The van der Waals surface area contributed by atoms with Gasteiger partial charge in [-0.3, -0.25) is 0 Å². The van der Waals surface area contributed by atoms with Crippen LogP contribution in [0.1, 0.15) is 77.6 Å². The van der Waals surface area contributed by atoms with Crippen molar-refractivity contribution in [2.75, 3.05) is 0 Å². The van der Waals surface area contributed by atoms with Crippen LogP contribution in [0.25, 0.3) is 0 Å². The van der Waals surface area contributed by atoms with Crippen LogP contribution in [0.4, 0.5) is 0 Å². The molecule has 0 aromatic rings. The summed E-state index contributed by atoms with van der Waals surface area (Å²) in [5, 5.41) is 0. The predicted molar refractivity (Wildman–Crippen MR) is 80.1 cm³/mol. The molecule has 0 bridgehead atoms. The Balaban J connectivity index is 3.06. The number of hydrogen-bond acceptors (Lipinski definition) is 0. The third kappa shape index (κ3) is 15.5. The lowest BCUT2D eigenvalue weighted by Gasteiger charge is -1.96. The molecule has 0 rings (SSSR count). The van der Waals surface area contributed by atoms with E-state index in [4.69, 9.17) is 0 Å². The van der Waals surface area contributed by atoms with Gasteiger partial charge in [-0.15, -0.1) is 0 Å². The fourth-order valence-corrected chi connectivity index (χ4v) is 1.86. The van der Waals surface area contributed by atoms with E-state index in [1.807, 2.05) is 0 Å². The summed E-state index contributed by atoms with van der Waals surface area (Å²) in [4.78, 5) is 0. The molecule has 1 radical (unpaired) electrons. The number of allylic oxidation sites excluding steroid dienone is 4. The fraction of sp³-hybridized carbons (Fsp3) is 0.706. The summed E-state index contributed by atoms with van der Waals surface area (Å²) in [6.45, 7) is 6.05. The van der Waals surface area contributed by atoms with Crippen molar-refractivity contribution in [2.45, 2.75) is 77.6 Å². The van der Waals surface area contributed by atoms with Crippen LogP contribution in [-0.2, 0) is 0 Å². The highest BCUT2D eigenvalue weighted by atomic mass is 13.9. The molecule has 0 heteroatoms. The van der Waals surface area contributed by atoms with Gasteiger partial charge in [-0.05, 0) is 51.9 Å². The molecule has 0 amide bonds. The topological polar surface area (TPSA) is 0 Å². The van der Waals surface area contributed by atoms with E-state index in [1.54, 1.807) is 0 Å². The normalized spacial score (nSPS) is 11.9. The third-order valence-corrected chi connectivity index (χ3v) is 2.97. The first-order valence-corrected chi connectivity index (χ1v) is 7.51. The minimum atomic E-state index is 0.931. The zero-order valence-corrected chi connectivity index (χ0v) is 11.8. The Labute approximate surface area is 109 Å². The molecule has 0 heterocycles. The van der Waals surface area contributed by atoms with Gasteiger partial charge in [-0.25, -0.2) is 0 Å². The second-order valence-electron chi connectivity index (χ2n) is 4.72. The molecule has 0 aliphatic heterocycles. The Morgan fingerprint density at radius 2 is 1.12 bits per heavy atom. The lowest BCUT2D eigenvalue weighted by atomic mass is 10.1. The second-order valence-corrected chi connectivity index (χ2v) is 4.72. The maximum Gasteiger partial charge on any atom is -0.0351 e. The van der Waals surface area contributed by atoms with Crippen LogP contribution in [0.15, 0.2) is 24.3 Å². The van der Waals surface area contributed by atoms with Gasteiger partial charge in [0.2, 0.25) is 0 Å². The average molecular weight is 235 g/mol. The van der Waals surface area contributed by atoms with Crippen molar-refractivity contribution >= 4 is 0 Å². The van der Waals surface area contributed by atoms with Crippen molar-refractivity contribution in [3.05, 3.63) is 31.2 Å². The van der Waals surface area contributed by atoms with Crippen molar-refractivity contribution in [3.63, 3.8) is 0 Å². The smallest absolute Gasteiger partial charge is 0.0351 e. The molecule has 0 atom stereocenters. The van der Waals surface area contributed by atoms with Crippen LogP contribution in [0.3, 0.4) is 0 Å². The lowest BCUT2D eigenvalue weighted by molar-refractivity contribution is 0.670. The van der Waals surface area contributed by atoms with Gasteiger partial charge in [0.25, 0.3) is 0 Å². The van der Waals surface area contributed by atoms with Gasteiger partial charge in [0.05, 0.1) is 0 Å². The SMILES string of the molecule is [CH2]C/C=C/CCCCC/C=C/CCCCCC. The van der Waals surface area contributed by atoms with Crippen LogP contribution in [0.5, 0.6) is 0 Å². The molecule has 0 saturated carbocycles. The fourth-order valence-electron chi connectivity index (χ4n) is 1.86. The molecule has 0 nitrogen and oxygen atoms in total. The first kappa shape index (κ1) is 16.5. The summed E-state index contributed by atoms with van der Waals surface area (Å²) >= 11 is 0. The van der Waals surface area contributed by atoms with Crippen LogP contribution in [-0.4, -0.2) is 0 Å². The first-order chi connectivity index (χ1) is 8.41. The Kier molecular flexibility index (Phi) is 15.0. The zero-order valence-electron chi connectivity index (χ0n) is 11.8. The van der Waals surface area contributed by atoms with Gasteiger partial charge in [-0.2, -0.15) is 0 Å². The van der Waals surface area contributed by atoms with Gasteiger partial charge in [0.15, 0.2) is 0 Å². The number of unbranched alkanes of at least 4 members (excludes halogenated alkanes) is 8. The molecule has 0 aliphatic carbocycles. The van der Waals surface area contributed by atoms with E-state index in [0.717, 1.165) is 6.42 Å². The largest absolute Gasteiger partial charge is 0.0885 e. The Hall–Kier alpha value is -0.520. The van der Waals surface area contributed by atoms with Gasteiger partial charge in [-0.1, -0.05) is 56.9 Å².